The standard InChI is InChI=1S/C22H16F2N2O2/c23-16-5-1-3-13(7-16)12-25-22(28)20-10-15-8-17(24)11-19(21(15)26-20)14-4-2-6-18(27)9-14/h1-11,26-27H,12H2,(H,25,28). The van der Waals surface area contributed by atoms with Crippen LogP contribution in [0.15, 0.2) is 66.7 Å². The van der Waals surface area contributed by atoms with Crippen LogP contribution in [0.4, 0.5) is 8.78 Å². The van der Waals surface area contributed by atoms with Crippen LogP contribution in [0.1, 0.15) is 16.1 Å². The topological polar surface area (TPSA) is 65.1 Å². The highest BCUT2D eigenvalue weighted by molar-refractivity contribution is 6.02. The van der Waals surface area contributed by atoms with Crippen molar-refractivity contribution in [1.82, 2.24) is 10.3 Å². The molecule has 3 aromatic carbocycles. The quantitative estimate of drug-likeness (QED) is 0.480. The minimum atomic E-state index is -0.448. The van der Waals surface area contributed by atoms with Gasteiger partial charge in [-0.05, 0) is 53.6 Å². The Bertz CT molecular complexity index is 1180. The molecule has 0 radical (unpaired) electrons. The van der Waals surface area contributed by atoms with Gasteiger partial charge in [0.05, 0.1) is 5.52 Å². The molecule has 0 bridgehead atoms. The van der Waals surface area contributed by atoms with Crippen LogP contribution in [-0.2, 0) is 6.54 Å². The molecule has 0 aliphatic carbocycles. The van der Waals surface area contributed by atoms with Gasteiger partial charge in [0.25, 0.3) is 5.91 Å². The highest BCUT2D eigenvalue weighted by Gasteiger charge is 2.14. The zero-order valence-electron chi connectivity index (χ0n) is 14.7. The van der Waals surface area contributed by atoms with Gasteiger partial charge in [-0.2, -0.15) is 0 Å². The molecule has 0 aliphatic rings. The summed E-state index contributed by atoms with van der Waals surface area (Å²) in [5, 5.41) is 13.0. The second-order valence-electron chi connectivity index (χ2n) is 6.46. The Kier molecular flexibility index (Phi) is 4.53. The fourth-order valence-corrected chi connectivity index (χ4v) is 3.16. The predicted octanol–water partition coefficient (Wildman–Crippen LogP) is 4.75. The lowest BCUT2D eigenvalue weighted by molar-refractivity contribution is 0.0946. The Morgan fingerprint density at radius 1 is 0.964 bits per heavy atom. The van der Waals surface area contributed by atoms with Crippen LogP contribution < -0.4 is 5.32 Å². The maximum atomic E-state index is 14.1. The summed E-state index contributed by atoms with van der Waals surface area (Å²) in [7, 11) is 0. The number of phenolic OH excluding ortho intramolecular Hbond substituents is 1. The molecular weight excluding hydrogens is 362 g/mol. The van der Waals surface area contributed by atoms with Crippen molar-refractivity contribution < 1.29 is 18.7 Å². The second-order valence-corrected chi connectivity index (χ2v) is 6.46. The average molecular weight is 378 g/mol. The minimum absolute atomic E-state index is 0.0644. The molecule has 28 heavy (non-hydrogen) atoms. The molecule has 0 unspecified atom stereocenters. The minimum Gasteiger partial charge on any atom is -0.508 e. The van der Waals surface area contributed by atoms with Crippen LogP contribution >= 0.6 is 0 Å². The molecule has 0 fully saturated rings. The number of hydrogen-bond donors (Lipinski definition) is 3. The van der Waals surface area contributed by atoms with Crippen molar-refractivity contribution in [3.05, 3.63) is 89.6 Å². The van der Waals surface area contributed by atoms with Crippen molar-refractivity contribution >= 4 is 16.8 Å². The van der Waals surface area contributed by atoms with Crippen molar-refractivity contribution in [3.63, 3.8) is 0 Å². The largest absolute Gasteiger partial charge is 0.508 e. The van der Waals surface area contributed by atoms with Gasteiger partial charge in [-0.3, -0.25) is 4.79 Å². The van der Waals surface area contributed by atoms with E-state index < -0.39 is 5.82 Å². The van der Waals surface area contributed by atoms with E-state index in [1.54, 1.807) is 30.3 Å². The Morgan fingerprint density at radius 2 is 1.79 bits per heavy atom. The molecule has 4 rings (SSSR count). The summed E-state index contributed by atoms with van der Waals surface area (Å²) >= 11 is 0. The number of aromatic nitrogens is 1. The van der Waals surface area contributed by atoms with Crippen molar-refractivity contribution in [2.75, 3.05) is 0 Å². The molecule has 4 nitrogen and oxygen atoms in total. The van der Waals surface area contributed by atoms with Gasteiger partial charge < -0.3 is 15.4 Å². The SMILES string of the molecule is O=C(NCc1cccc(F)c1)c1cc2cc(F)cc(-c3cccc(O)c3)c2[nH]1. The molecule has 0 atom stereocenters. The van der Waals surface area contributed by atoms with Crippen LogP contribution in [0.3, 0.4) is 0 Å². The number of halogens is 2. The first-order valence-corrected chi connectivity index (χ1v) is 8.64. The number of aromatic amines is 1. The van der Waals surface area contributed by atoms with E-state index in [0.29, 0.717) is 27.6 Å². The normalized spacial score (nSPS) is 10.9. The smallest absolute Gasteiger partial charge is 0.267 e. The zero-order chi connectivity index (χ0) is 19.7. The number of fused-ring (bicyclic) bond motifs is 1. The maximum Gasteiger partial charge on any atom is 0.267 e. The molecule has 0 saturated heterocycles. The number of hydrogen-bond acceptors (Lipinski definition) is 2. The van der Waals surface area contributed by atoms with E-state index in [0.717, 1.165) is 0 Å². The van der Waals surface area contributed by atoms with E-state index in [2.05, 4.69) is 10.3 Å². The molecule has 4 aromatic rings. The lowest BCUT2D eigenvalue weighted by atomic mass is 10.0. The lowest BCUT2D eigenvalue weighted by Crippen LogP contribution is -2.23. The predicted molar refractivity (Wildman–Crippen MR) is 103 cm³/mol. The molecule has 1 amide bonds. The van der Waals surface area contributed by atoms with E-state index in [1.807, 2.05) is 0 Å². The van der Waals surface area contributed by atoms with Crippen molar-refractivity contribution in [2.24, 2.45) is 0 Å². The van der Waals surface area contributed by atoms with Crippen LogP contribution in [0, 0.1) is 11.6 Å². The van der Waals surface area contributed by atoms with Gasteiger partial charge in [0.15, 0.2) is 0 Å². The third-order valence-electron chi connectivity index (χ3n) is 4.44. The van der Waals surface area contributed by atoms with E-state index in [-0.39, 0.29) is 29.7 Å². The van der Waals surface area contributed by atoms with E-state index in [4.69, 9.17) is 0 Å². The van der Waals surface area contributed by atoms with Gasteiger partial charge >= 0.3 is 0 Å². The number of rotatable bonds is 4. The fourth-order valence-electron chi connectivity index (χ4n) is 3.16. The molecule has 0 spiro atoms. The molecule has 1 heterocycles. The zero-order valence-corrected chi connectivity index (χ0v) is 14.7. The third kappa shape index (κ3) is 3.57. The summed E-state index contributed by atoms with van der Waals surface area (Å²) in [6, 6.07) is 16.7. The first kappa shape index (κ1) is 17.7. The number of amides is 1. The summed E-state index contributed by atoms with van der Waals surface area (Å²) < 4.78 is 27.3. The summed E-state index contributed by atoms with van der Waals surface area (Å²) in [4.78, 5) is 15.5. The number of nitrogens with one attached hydrogen (secondary N) is 2. The molecular formula is C22H16F2N2O2. The Hall–Kier alpha value is -3.67. The first-order valence-electron chi connectivity index (χ1n) is 8.64. The number of carbonyl (C=O) groups excluding carboxylic acids is 1. The van der Waals surface area contributed by atoms with Gasteiger partial charge in [-0.25, -0.2) is 8.78 Å². The third-order valence-corrected chi connectivity index (χ3v) is 4.44. The van der Waals surface area contributed by atoms with Gasteiger partial charge in [-0.1, -0.05) is 24.3 Å². The maximum absolute atomic E-state index is 14.1. The van der Waals surface area contributed by atoms with E-state index in [1.165, 1.54) is 36.4 Å². The van der Waals surface area contributed by atoms with Crippen molar-refractivity contribution in [1.29, 1.82) is 0 Å². The molecule has 140 valence electrons. The molecule has 1 aromatic heterocycles. The summed E-state index contributed by atoms with van der Waals surface area (Å²) in [5.74, 6) is -1.14. The highest BCUT2D eigenvalue weighted by atomic mass is 19.1. The first-order chi connectivity index (χ1) is 13.5. The molecule has 3 N–H and O–H groups in total. The molecule has 0 aliphatic heterocycles. The Labute approximate surface area is 159 Å². The Morgan fingerprint density at radius 3 is 2.57 bits per heavy atom. The average Bonchev–Trinajstić information content (AvgIpc) is 3.09. The van der Waals surface area contributed by atoms with Crippen molar-refractivity contribution in [3.8, 4) is 16.9 Å². The van der Waals surface area contributed by atoms with Crippen LogP contribution in [0.25, 0.3) is 22.0 Å². The molecule has 6 heteroatoms. The van der Waals surface area contributed by atoms with Gasteiger partial charge in [0.2, 0.25) is 0 Å². The lowest BCUT2D eigenvalue weighted by Gasteiger charge is -2.05. The summed E-state index contributed by atoms with van der Waals surface area (Å²) in [5.41, 5.74) is 2.64. The highest BCUT2D eigenvalue weighted by Crippen LogP contribution is 2.31. The van der Waals surface area contributed by atoms with Gasteiger partial charge in [0, 0.05) is 17.5 Å². The van der Waals surface area contributed by atoms with Gasteiger partial charge in [-0.15, -0.1) is 0 Å². The van der Waals surface area contributed by atoms with E-state index in [9.17, 15) is 18.7 Å². The monoisotopic (exact) mass is 378 g/mol. The number of benzene rings is 3. The number of phenols is 1. The molecule has 0 saturated carbocycles. The number of aromatic hydroxyl groups is 1. The van der Waals surface area contributed by atoms with Crippen LogP contribution in [0.2, 0.25) is 0 Å². The van der Waals surface area contributed by atoms with Crippen molar-refractivity contribution in [2.45, 2.75) is 6.54 Å². The summed E-state index contributed by atoms with van der Waals surface area (Å²) in [6.45, 7) is 0.166. The number of H-pyrrole nitrogens is 1. The summed E-state index contributed by atoms with van der Waals surface area (Å²) in [6.07, 6.45) is 0. The Balaban J connectivity index is 1.65. The van der Waals surface area contributed by atoms with Gasteiger partial charge in [0.1, 0.15) is 23.1 Å². The second kappa shape index (κ2) is 7.15. The fraction of sp³-hybridized carbons (Fsp3) is 0.0455. The number of carbonyl (C=O) groups is 1. The van der Waals surface area contributed by atoms with Crippen LogP contribution in [0.5, 0.6) is 5.75 Å². The van der Waals surface area contributed by atoms with E-state index >= 15 is 0 Å². The van der Waals surface area contributed by atoms with Crippen LogP contribution in [-0.4, -0.2) is 16.0 Å².